The molecule has 108 valence electrons. The van der Waals surface area contributed by atoms with Crippen LogP contribution in [0.5, 0.6) is 0 Å². The van der Waals surface area contributed by atoms with Gasteiger partial charge in [-0.25, -0.2) is 0 Å². The molecule has 0 spiro atoms. The normalized spacial score (nSPS) is 9.50. The van der Waals surface area contributed by atoms with Gasteiger partial charge in [0.1, 0.15) is 0 Å². The molecular weight excluding hydrogens is 411 g/mol. The molecule has 0 unspecified atom stereocenters. The van der Waals surface area contributed by atoms with Gasteiger partial charge in [0.05, 0.1) is 0 Å². The van der Waals surface area contributed by atoms with Crippen molar-refractivity contribution in [1.82, 2.24) is 0 Å². The summed E-state index contributed by atoms with van der Waals surface area (Å²) in [5, 5.41) is 21.0. The summed E-state index contributed by atoms with van der Waals surface area (Å²) < 4.78 is 0.833. The van der Waals surface area contributed by atoms with Crippen molar-refractivity contribution < 1.29 is 83.7 Å². The van der Waals surface area contributed by atoms with E-state index in [9.17, 15) is 24.6 Å². The molecule has 0 radical (unpaired) electrons. The molecule has 1 amide bonds. The van der Waals surface area contributed by atoms with Gasteiger partial charge < -0.3 is 0 Å². The predicted molar refractivity (Wildman–Crippen MR) is 75.3 cm³/mol. The van der Waals surface area contributed by atoms with Crippen LogP contribution in [0.1, 0.15) is 10.4 Å². The van der Waals surface area contributed by atoms with Crippen LogP contribution in [0.25, 0.3) is 0 Å². The SMILES string of the molecule is NC(=O)c1ccc([As](SCC(=O)[O-])SCC(=O)[O-])cc1.[Na+].[Na+]. The Labute approximate surface area is 183 Å². The molecule has 0 saturated heterocycles. The van der Waals surface area contributed by atoms with E-state index in [-0.39, 0.29) is 70.6 Å². The fraction of sp³-hybridized carbons (Fsp3) is 0.182. The van der Waals surface area contributed by atoms with E-state index in [1.54, 1.807) is 24.3 Å². The molecule has 0 aliphatic heterocycles. The minimum absolute atomic E-state index is 0. The van der Waals surface area contributed by atoms with Crippen molar-refractivity contribution in [3.05, 3.63) is 29.8 Å². The molecule has 11 heteroatoms. The predicted octanol–water partition coefficient (Wildman–Crippen LogP) is -8.55. The van der Waals surface area contributed by atoms with Crippen LogP contribution in [0, 0.1) is 0 Å². The first-order chi connectivity index (χ1) is 9.40. The van der Waals surface area contributed by atoms with E-state index in [4.69, 9.17) is 5.73 Å². The summed E-state index contributed by atoms with van der Waals surface area (Å²) in [6.45, 7) is 0. The van der Waals surface area contributed by atoms with E-state index in [1.165, 1.54) is 20.0 Å². The third-order valence-corrected chi connectivity index (χ3v) is 14.7. The molecular formula is C11H10AsNNa2O5S2. The summed E-state index contributed by atoms with van der Waals surface area (Å²) in [5.74, 6) is -3.34. The van der Waals surface area contributed by atoms with Gasteiger partial charge in [0.15, 0.2) is 0 Å². The molecule has 6 nitrogen and oxygen atoms in total. The van der Waals surface area contributed by atoms with Gasteiger partial charge in [0.25, 0.3) is 0 Å². The first-order valence-electron chi connectivity index (χ1n) is 5.25. The van der Waals surface area contributed by atoms with Crippen molar-refractivity contribution in [3.8, 4) is 0 Å². The summed E-state index contributed by atoms with van der Waals surface area (Å²) in [7, 11) is 2.36. The quantitative estimate of drug-likeness (QED) is 0.414. The molecule has 2 N–H and O–H groups in total. The van der Waals surface area contributed by atoms with Gasteiger partial charge in [-0.05, 0) is 0 Å². The Kier molecular flexibility index (Phi) is 15.1. The van der Waals surface area contributed by atoms with Crippen LogP contribution in [0.3, 0.4) is 0 Å². The van der Waals surface area contributed by atoms with E-state index in [0.29, 0.717) is 5.56 Å². The van der Waals surface area contributed by atoms with Crippen LogP contribution in [-0.2, 0) is 9.59 Å². The number of carboxylic acids is 2. The maximum atomic E-state index is 11.0. The number of aliphatic carboxylic acids is 2. The van der Waals surface area contributed by atoms with Gasteiger partial charge in [-0.3, -0.25) is 0 Å². The van der Waals surface area contributed by atoms with Crippen molar-refractivity contribution in [2.45, 2.75) is 0 Å². The molecule has 0 saturated carbocycles. The first-order valence-corrected chi connectivity index (χ1v) is 12.7. The minimum atomic E-state index is -1.99. The summed E-state index contributed by atoms with van der Waals surface area (Å²) >= 11 is -1.99. The van der Waals surface area contributed by atoms with Gasteiger partial charge in [0, 0.05) is 0 Å². The number of carbonyl (C=O) groups is 3. The van der Waals surface area contributed by atoms with Gasteiger partial charge in [-0.2, -0.15) is 0 Å². The number of benzene rings is 1. The van der Waals surface area contributed by atoms with Crippen LogP contribution >= 0.6 is 20.0 Å². The van der Waals surface area contributed by atoms with Gasteiger partial charge in [-0.15, -0.1) is 0 Å². The van der Waals surface area contributed by atoms with Crippen molar-refractivity contribution in [2.24, 2.45) is 5.73 Å². The number of carbonyl (C=O) groups excluding carboxylic acids is 3. The zero-order chi connectivity index (χ0) is 15.1. The topological polar surface area (TPSA) is 123 Å². The average Bonchev–Trinajstić information content (AvgIpc) is 2.38. The Balaban J connectivity index is 0. The van der Waals surface area contributed by atoms with Crippen LogP contribution < -0.4 is 79.4 Å². The Morgan fingerprint density at radius 2 is 1.36 bits per heavy atom. The fourth-order valence-corrected chi connectivity index (χ4v) is 12.0. The molecule has 0 aliphatic rings. The number of carboxylic acid groups (broad SMARTS) is 2. The summed E-state index contributed by atoms with van der Waals surface area (Å²) in [4.78, 5) is 32.0. The molecule has 22 heavy (non-hydrogen) atoms. The second kappa shape index (κ2) is 13.2. The molecule has 1 aromatic rings. The van der Waals surface area contributed by atoms with Crippen LogP contribution in [0.4, 0.5) is 0 Å². The number of nitrogens with two attached hydrogens (primary N) is 1. The smallest absolute Gasteiger partial charge is 1.00 e. The minimum Gasteiger partial charge on any atom is 1.00 e. The largest absolute Gasteiger partial charge is 1.00 e. The molecule has 0 fully saturated rings. The van der Waals surface area contributed by atoms with Crippen LogP contribution in [-0.4, -0.2) is 41.7 Å². The standard InChI is InChI=1S/C11H12AsNO5S2.2Na/c13-11(18)7-1-3-8(4-2-7)12(19-5-9(14)15)20-6-10(16)17;;/h1-4H,5-6H2,(H2,13,18)(H,14,15)(H,16,17);;/q;2*+1/p-2. The van der Waals surface area contributed by atoms with Gasteiger partial charge >= 0.3 is 185 Å². The zero-order valence-electron chi connectivity index (χ0n) is 12.1. The summed E-state index contributed by atoms with van der Waals surface area (Å²) in [6, 6.07) is 6.42. The van der Waals surface area contributed by atoms with Gasteiger partial charge in [0.2, 0.25) is 0 Å². The van der Waals surface area contributed by atoms with E-state index in [2.05, 4.69) is 0 Å². The summed E-state index contributed by atoms with van der Waals surface area (Å²) in [6.07, 6.45) is 0. The maximum absolute atomic E-state index is 11.0. The number of primary amides is 1. The van der Waals surface area contributed by atoms with E-state index < -0.39 is 30.2 Å². The molecule has 1 aromatic carbocycles. The average molecular weight is 421 g/mol. The van der Waals surface area contributed by atoms with E-state index in [0.717, 1.165) is 4.35 Å². The molecule has 1 rings (SSSR count). The van der Waals surface area contributed by atoms with Crippen molar-refractivity contribution in [2.75, 3.05) is 11.5 Å². The number of hydrogen-bond acceptors (Lipinski definition) is 7. The third kappa shape index (κ3) is 9.90. The van der Waals surface area contributed by atoms with Crippen molar-refractivity contribution in [3.63, 3.8) is 0 Å². The Morgan fingerprint density at radius 3 is 1.68 bits per heavy atom. The Bertz CT molecular complexity index is 500. The Morgan fingerprint density at radius 1 is 0.955 bits per heavy atom. The molecule has 0 aliphatic carbocycles. The van der Waals surface area contributed by atoms with E-state index >= 15 is 0 Å². The van der Waals surface area contributed by atoms with Crippen LogP contribution in [0.2, 0.25) is 0 Å². The van der Waals surface area contributed by atoms with Crippen molar-refractivity contribution >= 4 is 54.6 Å². The molecule has 0 heterocycles. The zero-order valence-corrected chi connectivity index (χ0v) is 19.6. The van der Waals surface area contributed by atoms with E-state index in [1.807, 2.05) is 0 Å². The second-order valence-electron chi connectivity index (χ2n) is 3.46. The summed E-state index contributed by atoms with van der Waals surface area (Å²) in [5.41, 5.74) is 5.47. The van der Waals surface area contributed by atoms with Crippen molar-refractivity contribution in [1.29, 1.82) is 0 Å². The number of hydrogen-bond donors (Lipinski definition) is 1. The second-order valence-corrected chi connectivity index (χ2v) is 15.0. The maximum Gasteiger partial charge on any atom is 1.00 e. The van der Waals surface area contributed by atoms with Crippen LogP contribution in [0.15, 0.2) is 24.3 Å². The number of rotatable bonds is 8. The fourth-order valence-electron chi connectivity index (χ4n) is 1.16. The van der Waals surface area contributed by atoms with Gasteiger partial charge in [-0.1, -0.05) is 0 Å². The Hall–Kier alpha value is 0.888. The molecule has 0 aromatic heterocycles. The monoisotopic (exact) mass is 421 g/mol. The number of amides is 1. The molecule has 0 bridgehead atoms. The first kappa shape index (κ1) is 25.1. The molecule has 0 atom stereocenters. The third-order valence-electron chi connectivity index (χ3n) is 1.96.